The van der Waals surface area contributed by atoms with Crippen molar-refractivity contribution in [1.29, 1.82) is 0 Å². The fourth-order valence-corrected chi connectivity index (χ4v) is 4.59. The fourth-order valence-electron chi connectivity index (χ4n) is 3.53. The van der Waals surface area contributed by atoms with Crippen LogP contribution in [0.15, 0.2) is 42.5 Å². The van der Waals surface area contributed by atoms with Crippen LogP contribution in [-0.2, 0) is 26.2 Å². The summed E-state index contributed by atoms with van der Waals surface area (Å²) in [6.07, 6.45) is 2.50. The van der Waals surface area contributed by atoms with Crippen LogP contribution in [0.5, 0.6) is 5.75 Å². The Kier molecular flexibility index (Phi) is 10.7. The van der Waals surface area contributed by atoms with Gasteiger partial charge >= 0.3 is 0 Å². The molecule has 2 aromatic rings. The molecular weight excluding hydrogens is 524 g/mol. The van der Waals surface area contributed by atoms with Crippen LogP contribution in [0.2, 0.25) is 5.02 Å². The van der Waals surface area contributed by atoms with E-state index in [0.717, 1.165) is 29.5 Å². The number of rotatable bonds is 13. The minimum absolute atomic E-state index is 0.0224. The van der Waals surface area contributed by atoms with Crippen LogP contribution in [0.3, 0.4) is 0 Å². The van der Waals surface area contributed by atoms with Crippen molar-refractivity contribution < 1.29 is 27.7 Å². The molecular formula is C24H31ClN4O7S. The number of halogens is 1. The first-order valence-electron chi connectivity index (χ1n) is 11.5. The number of nitrogens with zero attached hydrogens (tertiary/aromatic N) is 3. The van der Waals surface area contributed by atoms with Gasteiger partial charge in [0.1, 0.15) is 24.0 Å². The van der Waals surface area contributed by atoms with Crippen LogP contribution in [0.25, 0.3) is 0 Å². The molecule has 0 aliphatic rings. The van der Waals surface area contributed by atoms with Gasteiger partial charge in [0.2, 0.25) is 21.8 Å². The van der Waals surface area contributed by atoms with Crippen molar-refractivity contribution in [3.63, 3.8) is 0 Å². The lowest BCUT2D eigenvalue weighted by atomic mass is 10.1. The van der Waals surface area contributed by atoms with Crippen LogP contribution in [0.4, 0.5) is 11.4 Å². The van der Waals surface area contributed by atoms with Crippen molar-refractivity contribution in [1.82, 2.24) is 10.2 Å². The van der Waals surface area contributed by atoms with Crippen LogP contribution < -0.4 is 14.4 Å². The number of nitro benzene ring substituents is 1. The molecule has 37 heavy (non-hydrogen) atoms. The van der Waals surface area contributed by atoms with Crippen molar-refractivity contribution in [2.45, 2.75) is 39.3 Å². The standard InChI is InChI=1S/C24H31ClN4O7S/c1-5-6-12-26-24(31)17(2)27(15-18-8-7-9-19(25)13-18)23(30)16-28(37(4,34)35)21-14-20(29(32)33)10-11-22(21)36-3/h7-11,13-14,17H,5-6,12,15-16H2,1-4H3,(H,26,31)/t17-/m0/s1. The lowest BCUT2D eigenvalue weighted by Crippen LogP contribution is -2.51. The Hall–Kier alpha value is -3.38. The zero-order chi connectivity index (χ0) is 27.8. The van der Waals surface area contributed by atoms with Gasteiger partial charge in [0, 0.05) is 30.2 Å². The molecule has 0 spiro atoms. The SMILES string of the molecule is CCCCNC(=O)[C@H](C)N(Cc1cccc(Cl)c1)C(=O)CN(c1cc([N+](=O)[O-])ccc1OC)S(C)(=O)=O. The molecule has 0 unspecified atom stereocenters. The van der Waals surface area contributed by atoms with E-state index < -0.39 is 39.3 Å². The predicted molar refractivity (Wildman–Crippen MR) is 141 cm³/mol. The summed E-state index contributed by atoms with van der Waals surface area (Å²) in [5.74, 6) is -1.07. The van der Waals surface area contributed by atoms with E-state index in [1.807, 2.05) is 6.92 Å². The molecule has 2 rings (SSSR count). The van der Waals surface area contributed by atoms with E-state index in [2.05, 4.69) is 5.32 Å². The number of non-ortho nitro benzene ring substituents is 1. The largest absolute Gasteiger partial charge is 0.495 e. The van der Waals surface area contributed by atoms with E-state index in [9.17, 15) is 28.1 Å². The summed E-state index contributed by atoms with van der Waals surface area (Å²) in [6, 6.07) is 9.23. The topological polar surface area (TPSA) is 139 Å². The molecule has 0 fully saturated rings. The van der Waals surface area contributed by atoms with E-state index >= 15 is 0 Å². The van der Waals surface area contributed by atoms with Crippen molar-refractivity contribution in [3.8, 4) is 5.75 Å². The van der Waals surface area contributed by atoms with Gasteiger partial charge in [0.15, 0.2) is 0 Å². The number of benzene rings is 2. The molecule has 11 nitrogen and oxygen atoms in total. The third kappa shape index (κ3) is 8.32. The first kappa shape index (κ1) is 29.8. The highest BCUT2D eigenvalue weighted by Crippen LogP contribution is 2.34. The van der Waals surface area contributed by atoms with Gasteiger partial charge in [-0.15, -0.1) is 0 Å². The molecule has 0 aliphatic heterocycles. The number of ether oxygens (including phenoxy) is 1. The minimum Gasteiger partial charge on any atom is -0.495 e. The number of sulfonamides is 1. The maximum Gasteiger partial charge on any atom is 0.271 e. The molecule has 0 bridgehead atoms. The second-order valence-electron chi connectivity index (χ2n) is 8.36. The smallest absolute Gasteiger partial charge is 0.271 e. The van der Waals surface area contributed by atoms with Crippen LogP contribution in [-0.4, -0.2) is 62.6 Å². The Bertz CT molecular complexity index is 1240. The summed E-state index contributed by atoms with van der Waals surface area (Å²) in [5, 5.41) is 14.5. The summed E-state index contributed by atoms with van der Waals surface area (Å²) in [5.41, 5.74) is 0.0829. The number of hydrogen-bond donors (Lipinski definition) is 1. The summed E-state index contributed by atoms with van der Waals surface area (Å²) in [7, 11) is -2.82. The van der Waals surface area contributed by atoms with Gasteiger partial charge in [0.25, 0.3) is 5.69 Å². The van der Waals surface area contributed by atoms with E-state index in [1.54, 1.807) is 31.2 Å². The van der Waals surface area contributed by atoms with E-state index in [1.165, 1.54) is 24.1 Å². The molecule has 2 amide bonds. The number of unbranched alkanes of at least 4 members (excludes halogenated alkanes) is 1. The molecule has 0 saturated heterocycles. The van der Waals surface area contributed by atoms with Crippen LogP contribution >= 0.6 is 11.6 Å². The molecule has 202 valence electrons. The molecule has 13 heteroatoms. The van der Waals surface area contributed by atoms with Crippen molar-refractivity contribution in [2.24, 2.45) is 0 Å². The van der Waals surface area contributed by atoms with Crippen LogP contribution in [0, 0.1) is 10.1 Å². The van der Waals surface area contributed by atoms with Crippen LogP contribution in [0.1, 0.15) is 32.3 Å². The Labute approximate surface area is 221 Å². The van der Waals surface area contributed by atoms with Gasteiger partial charge in [-0.05, 0) is 37.1 Å². The van der Waals surface area contributed by atoms with Crippen molar-refractivity contribution >= 4 is 44.8 Å². The molecule has 1 atom stereocenters. The molecule has 0 heterocycles. The summed E-state index contributed by atoms with van der Waals surface area (Å²) in [4.78, 5) is 38.3. The van der Waals surface area contributed by atoms with E-state index in [-0.39, 0.29) is 23.7 Å². The highest BCUT2D eigenvalue weighted by atomic mass is 35.5. The maximum absolute atomic E-state index is 13.6. The second-order valence-corrected chi connectivity index (χ2v) is 10.7. The number of hydrogen-bond acceptors (Lipinski definition) is 7. The third-order valence-corrected chi connectivity index (χ3v) is 6.92. The number of amides is 2. The van der Waals surface area contributed by atoms with Gasteiger partial charge in [-0.1, -0.05) is 37.1 Å². The van der Waals surface area contributed by atoms with Gasteiger partial charge in [-0.3, -0.25) is 24.0 Å². The maximum atomic E-state index is 13.6. The van der Waals surface area contributed by atoms with Crippen molar-refractivity contribution in [3.05, 3.63) is 63.2 Å². The fraction of sp³-hybridized carbons (Fsp3) is 0.417. The number of carbonyl (C=O) groups excluding carboxylic acids is 2. The zero-order valence-electron chi connectivity index (χ0n) is 21.1. The zero-order valence-corrected chi connectivity index (χ0v) is 22.7. The molecule has 1 N–H and O–H groups in total. The molecule has 2 aromatic carbocycles. The lowest BCUT2D eigenvalue weighted by molar-refractivity contribution is -0.384. The average Bonchev–Trinajstić information content (AvgIpc) is 2.84. The Morgan fingerprint density at radius 3 is 2.49 bits per heavy atom. The van der Waals surface area contributed by atoms with E-state index in [0.29, 0.717) is 17.1 Å². The van der Waals surface area contributed by atoms with Gasteiger partial charge in [-0.25, -0.2) is 8.42 Å². The molecule has 0 radical (unpaired) electrons. The predicted octanol–water partition coefficient (Wildman–Crippen LogP) is 3.36. The minimum atomic E-state index is -4.10. The number of nitrogens with one attached hydrogen (secondary N) is 1. The molecule has 0 aromatic heterocycles. The number of anilines is 1. The first-order chi connectivity index (χ1) is 17.4. The highest BCUT2D eigenvalue weighted by molar-refractivity contribution is 7.92. The number of carbonyl (C=O) groups is 2. The molecule has 0 aliphatic carbocycles. The quantitative estimate of drug-likeness (QED) is 0.227. The highest BCUT2D eigenvalue weighted by Gasteiger charge is 2.32. The summed E-state index contributed by atoms with van der Waals surface area (Å²) < 4.78 is 31.5. The summed E-state index contributed by atoms with van der Waals surface area (Å²) >= 11 is 6.09. The van der Waals surface area contributed by atoms with Crippen molar-refractivity contribution in [2.75, 3.05) is 30.8 Å². The Balaban J connectivity index is 2.48. The summed E-state index contributed by atoms with van der Waals surface area (Å²) in [6.45, 7) is 3.21. The number of methoxy groups -OCH3 is 1. The monoisotopic (exact) mass is 554 g/mol. The molecule has 0 saturated carbocycles. The Morgan fingerprint density at radius 1 is 1.22 bits per heavy atom. The van der Waals surface area contributed by atoms with Gasteiger partial charge < -0.3 is 15.0 Å². The normalized spacial score (nSPS) is 11.9. The van der Waals surface area contributed by atoms with Gasteiger partial charge in [-0.2, -0.15) is 0 Å². The van der Waals surface area contributed by atoms with E-state index in [4.69, 9.17) is 16.3 Å². The number of nitro groups is 1. The Morgan fingerprint density at radius 2 is 1.92 bits per heavy atom. The lowest BCUT2D eigenvalue weighted by Gasteiger charge is -2.31. The second kappa shape index (κ2) is 13.2. The average molecular weight is 555 g/mol. The van der Waals surface area contributed by atoms with Gasteiger partial charge in [0.05, 0.1) is 18.3 Å². The third-order valence-electron chi connectivity index (χ3n) is 5.56. The first-order valence-corrected chi connectivity index (χ1v) is 13.7.